The largest absolute Gasteiger partial charge is 0.354 e. The van der Waals surface area contributed by atoms with Crippen molar-refractivity contribution in [3.05, 3.63) is 81.1 Å². The average Bonchev–Trinajstić information content (AvgIpc) is 3.39. The van der Waals surface area contributed by atoms with Crippen molar-refractivity contribution in [1.82, 2.24) is 25.2 Å². The minimum atomic E-state index is -0.513. The first kappa shape index (κ1) is 31.1. The highest BCUT2D eigenvalue weighted by Crippen LogP contribution is 2.32. The van der Waals surface area contributed by atoms with Crippen LogP contribution in [0.2, 0.25) is 5.02 Å². The van der Waals surface area contributed by atoms with E-state index in [2.05, 4.69) is 32.7 Å². The number of ketones is 1. The lowest BCUT2D eigenvalue weighted by molar-refractivity contribution is -0.116. The minimum absolute atomic E-state index is 0.0583. The molecule has 0 spiro atoms. The van der Waals surface area contributed by atoms with Crippen molar-refractivity contribution in [3.8, 4) is 16.9 Å². The molecule has 1 saturated heterocycles. The molecule has 0 radical (unpaired) electrons. The van der Waals surface area contributed by atoms with Gasteiger partial charge in [-0.25, -0.2) is 9.18 Å². The van der Waals surface area contributed by atoms with Crippen molar-refractivity contribution in [2.24, 2.45) is 5.73 Å². The molecule has 1 fully saturated rings. The van der Waals surface area contributed by atoms with E-state index >= 15 is 4.39 Å². The van der Waals surface area contributed by atoms with E-state index in [1.54, 1.807) is 31.3 Å². The van der Waals surface area contributed by atoms with E-state index < -0.39 is 11.5 Å². The number of nitrogens with zero attached hydrogens (tertiary/aromatic N) is 2. The van der Waals surface area contributed by atoms with E-state index in [0.29, 0.717) is 40.6 Å². The Bertz CT molecular complexity index is 1630. The number of halogens is 2. The predicted molar refractivity (Wildman–Crippen MR) is 170 cm³/mol. The van der Waals surface area contributed by atoms with Gasteiger partial charge in [-0.1, -0.05) is 30.2 Å². The van der Waals surface area contributed by atoms with Crippen LogP contribution in [0.3, 0.4) is 0 Å². The fourth-order valence-corrected chi connectivity index (χ4v) is 6.10. The SMILES string of the molecule is CC(=O)CNCC[C@@H]1CCC[C@@H](c2ccc(-n3cc4cc(-c5cc(CCC[C@H](C)N)cc(Cl)c5F)[nH]c4nc3=O)cc2)N1. The summed E-state index contributed by atoms with van der Waals surface area (Å²) in [5, 5.41) is 7.69. The normalized spacial score (nSPS) is 17.8. The second-order valence-corrected chi connectivity index (χ2v) is 12.2. The van der Waals surface area contributed by atoms with Gasteiger partial charge in [-0.2, -0.15) is 4.98 Å². The number of piperidine rings is 1. The molecule has 3 atom stereocenters. The second kappa shape index (κ2) is 13.9. The molecule has 1 aliphatic rings. The average molecular weight is 607 g/mol. The Morgan fingerprint density at radius 3 is 2.77 bits per heavy atom. The zero-order valence-corrected chi connectivity index (χ0v) is 25.5. The first-order valence-corrected chi connectivity index (χ1v) is 15.5. The number of hydrogen-bond donors (Lipinski definition) is 4. The lowest BCUT2D eigenvalue weighted by Gasteiger charge is -2.31. The van der Waals surface area contributed by atoms with E-state index in [1.807, 2.05) is 19.1 Å². The van der Waals surface area contributed by atoms with Crippen LogP contribution in [0.15, 0.2) is 53.5 Å². The summed E-state index contributed by atoms with van der Waals surface area (Å²) < 4.78 is 16.6. The fourth-order valence-electron chi connectivity index (χ4n) is 5.86. The van der Waals surface area contributed by atoms with Gasteiger partial charge in [0.1, 0.15) is 11.4 Å². The highest BCUT2D eigenvalue weighted by Gasteiger charge is 2.22. The molecule has 0 saturated carbocycles. The number of hydrogen-bond acceptors (Lipinski definition) is 6. The zero-order valence-electron chi connectivity index (χ0n) is 24.8. The summed E-state index contributed by atoms with van der Waals surface area (Å²) in [6.45, 7) is 4.78. The lowest BCUT2D eigenvalue weighted by Crippen LogP contribution is -2.39. The molecule has 3 heterocycles. The Balaban J connectivity index is 1.32. The number of nitrogens with one attached hydrogen (secondary N) is 3. The first-order valence-electron chi connectivity index (χ1n) is 15.1. The number of rotatable bonds is 12. The Hall–Kier alpha value is -3.37. The van der Waals surface area contributed by atoms with Crippen LogP contribution in [0.5, 0.6) is 0 Å². The van der Waals surface area contributed by atoms with Gasteiger partial charge in [0, 0.05) is 35.3 Å². The molecule has 1 aliphatic heterocycles. The van der Waals surface area contributed by atoms with Crippen molar-refractivity contribution in [2.45, 2.75) is 76.9 Å². The maximum Gasteiger partial charge on any atom is 0.354 e. The summed E-state index contributed by atoms with van der Waals surface area (Å²) in [4.78, 5) is 31.5. The molecule has 0 unspecified atom stereocenters. The van der Waals surface area contributed by atoms with Crippen molar-refractivity contribution in [3.63, 3.8) is 0 Å². The summed E-state index contributed by atoms with van der Waals surface area (Å²) >= 11 is 6.25. The Labute approximate surface area is 256 Å². The molecule has 2 aromatic heterocycles. The lowest BCUT2D eigenvalue weighted by atomic mass is 9.92. The molecule has 43 heavy (non-hydrogen) atoms. The van der Waals surface area contributed by atoms with Crippen LogP contribution in [0.1, 0.15) is 69.5 Å². The third-order valence-electron chi connectivity index (χ3n) is 8.11. The van der Waals surface area contributed by atoms with Gasteiger partial charge >= 0.3 is 5.69 Å². The maximum absolute atomic E-state index is 15.1. The highest BCUT2D eigenvalue weighted by molar-refractivity contribution is 6.31. The van der Waals surface area contributed by atoms with E-state index in [0.717, 1.165) is 57.1 Å². The minimum Gasteiger partial charge on any atom is -0.339 e. The Morgan fingerprint density at radius 2 is 2.02 bits per heavy atom. The van der Waals surface area contributed by atoms with Crippen LogP contribution in [0.4, 0.5) is 4.39 Å². The summed E-state index contributed by atoms with van der Waals surface area (Å²) in [6.07, 6.45) is 8.48. The monoisotopic (exact) mass is 606 g/mol. The van der Waals surface area contributed by atoms with Crippen LogP contribution < -0.4 is 22.1 Å². The molecule has 5 N–H and O–H groups in total. The van der Waals surface area contributed by atoms with Gasteiger partial charge in [0.2, 0.25) is 0 Å². The van der Waals surface area contributed by atoms with Crippen LogP contribution in [0, 0.1) is 5.82 Å². The van der Waals surface area contributed by atoms with Gasteiger partial charge in [-0.05, 0) is 100 Å². The van der Waals surface area contributed by atoms with Crippen molar-refractivity contribution in [1.29, 1.82) is 0 Å². The number of benzene rings is 2. The molecule has 4 aromatic rings. The molecule has 8 nitrogen and oxygen atoms in total. The van der Waals surface area contributed by atoms with Gasteiger partial charge in [0.25, 0.3) is 0 Å². The number of carbonyl (C=O) groups excluding carboxylic acids is 1. The van der Waals surface area contributed by atoms with E-state index in [9.17, 15) is 9.59 Å². The predicted octanol–water partition coefficient (Wildman–Crippen LogP) is 5.60. The van der Waals surface area contributed by atoms with E-state index in [4.69, 9.17) is 17.3 Å². The molecule has 228 valence electrons. The second-order valence-electron chi connectivity index (χ2n) is 11.8. The molecular weight excluding hydrogens is 567 g/mol. The standard InChI is InChI=1S/C33H40ClFN6O2/c1-20(36)5-3-6-22-15-27(31(35)28(34)16-22)30-17-24-19-41(33(43)40-32(24)39-30)26-11-9-23(10-12-26)29-8-4-7-25(38-29)13-14-37-18-21(2)42/h9-12,15-17,19-20,25,29,37-38H,3-8,13-14,18,36H2,1-2H3,(H,39,40,43)/t20-,25-,29-/m0/s1. The zero-order chi connectivity index (χ0) is 30.5. The molecule has 5 rings (SSSR count). The molecule has 2 aromatic carbocycles. The number of H-pyrrole nitrogens is 1. The van der Waals surface area contributed by atoms with E-state index in [-0.39, 0.29) is 22.9 Å². The van der Waals surface area contributed by atoms with Gasteiger partial charge in [0.15, 0.2) is 5.82 Å². The van der Waals surface area contributed by atoms with Gasteiger partial charge < -0.3 is 21.4 Å². The molecular formula is C33H40ClFN6O2. The van der Waals surface area contributed by atoms with Gasteiger partial charge in [-0.15, -0.1) is 0 Å². The summed E-state index contributed by atoms with van der Waals surface area (Å²) in [6, 6.07) is 14.0. The first-order chi connectivity index (χ1) is 20.7. The van der Waals surface area contributed by atoms with Gasteiger partial charge in [-0.3, -0.25) is 9.36 Å². The molecule has 10 heteroatoms. The number of aromatic amines is 1. The van der Waals surface area contributed by atoms with Crippen LogP contribution in [-0.2, 0) is 11.2 Å². The molecule has 0 amide bonds. The number of aryl methyl sites for hydroxylation is 1. The van der Waals surface area contributed by atoms with Crippen molar-refractivity contribution >= 4 is 28.4 Å². The van der Waals surface area contributed by atoms with Crippen LogP contribution in [-0.4, -0.2) is 45.5 Å². The number of aromatic nitrogens is 3. The maximum atomic E-state index is 15.1. The summed E-state index contributed by atoms with van der Waals surface area (Å²) in [7, 11) is 0. The number of carbonyl (C=O) groups is 1. The summed E-state index contributed by atoms with van der Waals surface area (Å²) in [5.74, 6) is -0.367. The molecule has 0 bridgehead atoms. The Morgan fingerprint density at radius 1 is 1.23 bits per heavy atom. The van der Waals surface area contributed by atoms with Crippen LogP contribution in [0.25, 0.3) is 28.0 Å². The van der Waals surface area contributed by atoms with Crippen molar-refractivity contribution in [2.75, 3.05) is 13.1 Å². The number of fused-ring (bicyclic) bond motifs is 1. The molecule has 0 aliphatic carbocycles. The Kier molecular flexibility index (Phi) is 10.1. The smallest absolute Gasteiger partial charge is 0.339 e. The van der Waals surface area contributed by atoms with Crippen LogP contribution >= 0.6 is 11.6 Å². The topological polar surface area (TPSA) is 118 Å². The van der Waals surface area contributed by atoms with Crippen molar-refractivity contribution < 1.29 is 9.18 Å². The fraction of sp³-hybridized carbons (Fsp3) is 0.424. The number of Topliss-reactive ketones (excluding diaryl/α,β-unsaturated/α-hetero) is 1. The third-order valence-corrected chi connectivity index (χ3v) is 8.39. The summed E-state index contributed by atoms with van der Waals surface area (Å²) in [5.41, 5.74) is 9.50. The highest BCUT2D eigenvalue weighted by atomic mass is 35.5. The third kappa shape index (κ3) is 7.78. The number of nitrogens with two attached hydrogens (primary N) is 1. The quantitative estimate of drug-likeness (QED) is 0.156. The van der Waals surface area contributed by atoms with E-state index in [1.165, 1.54) is 10.1 Å². The van der Waals surface area contributed by atoms with Gasteiger partial charge in [0.05, 0.1) is 22.9 Å².